The fourth-order valence-electron chi connectivity index (χ4n) is 2.71. The van der Waals surface area contributed by atoms with E-state index in [1.165, 1.54) is 32.7 Å². The zero-order chi connectivity index (χ0) is 15.2. The summed E-state index contributed by atoms with van der Waals surface area (Å²) in [5.41, 5.74) is 2.19. The molecule has 0 unspecified atom stereocenters. The SMILES string of the molecule is CCN1CCN(CCCOc2cc(C)c(Cl)cc2C)CC1. The third-order valence-corrected chi connectivity index (χ3v) is 4.65. The van der Waals surface area contributed by atoms with Crippen LogP contribution in [0.2, 0.25) is 5.02 Å². The van der Waals surface area contributed by atoms with Crippen LogP contribution in [0.4, 0.5) is 0 Å². The maximum Gasteiger partial charge on any atom is 0.122 e. The number of rotatable bonds is 6. The minimum atomic E-state index is 0.774. The predicted octanol–water partition coefficient (Wildman–Crippen LogP) is 3.36. The Hall–Kier alpha value is -0.770. The number of halogens is 1. The number of ether oxygens (including phenoxy) is 1. The maximum atomic E-state index is 6.11. The topological polar surface area (TPSA) is 15.7 Å². The molecule has 0 atom stereocenters. The molecule has 1 heterocycles. The van der Waals surface area contributed by atoms with Gasteiger partial charge in [-0.1, -0.05) is 18.5 Å². The average Bonchev–Trinajstić information content (AvgIpc) is 2.49. The third kappa shape index (κ3) is 4.87. The minimum Gasteiger partial charge on any atom is -0.493 e. The molecule has 0 N–H and O–H groups in total. The van der Waals surface area contributed by atoms with E-state index < -0.39 is 0 Å². The highest BCUT2D eigenvalue weighted by Gasteiger charge is 2.14. The Morgan fingerprint density at radius 1 is 1.05 bits per heavy atom. The summed E-state index contributed by atoms with van der Waals surface area (Å²) >= 11 is 6.11. The Kier molecular flexibility index (Phi) is 6.34. The second-order valence-electron chi connectivity index (χ2n) is 5.84. The average molecular weight is 311 g/mol. The summed E-state index contributed by atoms with van der Waals surface area (Å²) in [5.74, 6) is 0.965. The predicted molar refractivity (Wildman–Crippen MR) is 89.6 cm³/mol. The number of aryl methyl sites for hydroxylation is 2. The smallest absolute Gasteiger partial charge is 0.122 e. The summed E-state index contributed by atoms with van der Waals surface area (Å²) in [4.78, 5) is 5.04. The fourth-order valence-corrected chi connectivity index (χ4v) is 2.93. The highest BCUT2D eigenvalue weighted by atomic mass is 35.5. The molecule has 1 saturated heterocycles. The van der Waals surface area contributed by atoms with Gasteiger partial charge in [-0.2, -0.15) is 0 Å². The zero-order valence-corrected chi connectivity index (χ0v) is 14.2. The van der Waals surface area contributed by atoms with Crippen LogP contribution in [0.15, 0.2) is 12.1 Å². The molecular weight excluding hydrogens is 284 g/mol. The largest absolute Gasteiger partial charge is 0.493 e. The van der Waals surface area contributed by atoms with Crippen LogP contribution in [-0.2, 0) is 0 Å². The summed E-state index contributed by atoms with van der Waals surface area (Å²) in [6.45, 7) is 14.1. The minimum absolute atomic E-state index is 0.774. The highest BCUT2D eigenvalue weighted by molar-refractivity contribution is 6.31. The first kappa shape index (κ1) is 16.6. The second-order valence-corrected chi connectivity index (χ2v) is 6.25. The Morgan fingerprint density at radius 3 is 2.38 bits per heavy atom. The number of nitrogens with zero attached hydrogens (tertiary/aromatic N) is 2. The van der Waals surface area contributed by atoms with Crippen LogP contribution in [0.1, 0.15) is 24.5 Å². The standard InChI is InChI=1S/C17H27ClN2O/c1-4-19-7-9-20(10-8-19)6-5-11-21-17-13-14(2)16(18)12-15(17)3/h12-13H,4-11H2,1-3H3. The molecule has 0 spiro atoms. The monoisotopic (exact) mass is 310 g/mol. The van der Waals surface area contributed by atoms with Crippen molar-refractivity contribution in [2.24, 2.45) is 0 Å². The van der Waals surface area contributed by atoms with E-state index in [2.05, 4.69) is 16.7 Å². The molecule has 1 aliphatic heterocycles. The van der Waals surface area contributed by atoms with Crippen LogP contribution in [0.25, 0.3) is 0 Å². The maximum absolute atomic E-state index is 6.11. The molecule has 118 valence electrons. The molecule has 21 heavy (non-hydrogen) atoms. The molecule has 2 rings (SSSR count). The van der Waals surface area contributed by atoms with Crippen molar-refractivity contribution in [3.8, 4) is 5.75 Å². The van der Waals surface area contributed by atoms with Crippen molar-refractivity contribution in [2.75, 3.05) is 45.9 Å². The van der Waals surface area contributed by atoms with Gasteiger partial charge in [0.15, 0.2) is 0 Å². The van der Waals surface area contributed by atoms with E-state index in [0.29, 0.717) is 0 Å². The van der Waals surface area contributed by atoms with E-state index in [9.17, 15) is 0 Å². The molecule has 1 aliphatic rings. The van der Waals surface area contributed by atoms with Crippen molar-refractivity contribution in [3.05, 3.63) is 28.3 Å². The van der Waals surface area contributed by atoms with Gasteiger partial charge in [0.05, 0.1) is 6.61 Å². The number of benzene rings is 1. The van der Waals surface area contributed by atoms with Crippen molar-refractivity contribution in [1.29, 1.82) is 0 Å². The number of likely N-dealkylation sites (N-methyl/N-ethyl adjacent to an activating group) is 1. The van der Waals surface area contributed by atoms with Gasteiger partial charge in [-0.15, -0.1) is 0 Å². The van der Waals surface area contributed by atoms with Crippen molar-refractivity contribution >= 4 is 11.6 Å². The summed E-state index contributed by atoms with van der Waals surface area (Å²) in [6, 6.07) is 4.02. The molecule has 0 amide bonds. The van der Waals surface area contributed by atoms with Gasteiger partial charge < -0.3 is 14.5 Å². The van der Waals surface area contributed by atoms with E-state index in [0.717, 1.165) is 41.5 Å². The lowest BCUT2D eigenvalue weighted by Crippen LogP contribution is -2.46. The van der Waals surface area contributed by atoms with Crippen LogP contribution >= 0.6 is 11.6 Å². The lowest BCUT2D eigenvalue weighted by molar-refractivity contribution is 0.130. The molecule has 0 saturated carbocycles. The highest BCUT2D eigenvalue weighted by Crippen LogP contribution is 2.26. The van der Waals surface area contributed by atoms with Crippen molar-refractivity contribution in [1.82, 2.24) is 9.80 Å². The third-order valence-electron chi connectivity index (χ3n) is 4.24. The molecule has 3 nitrogen and oxygen atoms in total. The molecule has 0 aromatic heterocycles. The van der Waals surface area contributed by atoms with Crippen molar-refractivity contribution in [2.45, 2.75) is 27.2 Å². The fraction of sp³-hybridized carbons (Fsp3) is 0.647. The first-order valence-electron chi connectivity index (χ1n) is 7.94. The second kappa shape index (κ2) is 8.02. The van der Waals surface area contributed by atoms with E-state index in [1.54, 1.807) is 0 Å². The normalized spacial score (nSPS) is 17.1. The van der Waals surface area contributed by atoms with Gasteiger partial charge in [0.25, 0.3) is 0 Å². The van der Waals surface area contributed by atoms with Crippen LogP contribution in [0.5, 0.6) is 5.75 Å². The molecule has 0 aliphatic carbocycles. The van der Waals surface area contributed by atoms with Crippen molar-refractivity contribution in [3.63, 3.8) is 0 Å². The lowest BCUT2D eigenvalue weighted by Gasteiger charge is -2.33. The Bertz CT molecular complexity index is 456. The first-order valence-corrected chi connectivity index (χ1v) is 8.32. The van der Waals surface area contributed by atoms with Crippen LogP contribution < -0.4 is 4.74 Å². The molecule has 0 bridgehead atoms. The molecular formula is C17H27ClN2O. The van der Waals surface area contributed by atoms with Gasteiger partial charge >= 0.3 is 0 Å². The number of piperazine rings is 1. The molecule has 1 aromatic rings. The summed E-state index contributed by atoms with van der Waals surface area (Å²) in [5, 5.41) is 0.814. The molecule has 1 aromatic carbocycles. The molecule has 1 fully saturated rings. The lowest BCUT2D eigenvalue weighted by atomic mass is 10.1. The van der Waals surface area contributed by atoms with Gasteiger partial charge in [-0.25, -0.2) is 0 Å². The van der Waals surface area contributed by atoms with Crippen molar-refractivity contribution < 1.29 is 4.74 Å². The van der Waals surface area contributed by atoms with E-state index >= 15 is 0 Å². The first-order chi connectivity index (χ1) is 10.1. The number of hydrogen-bond donors (Lipinski definition) is 0. The number of hydrogen-bond acceptors (Lipinski definition) is 3. The zero-order valence-electron chi connectivity index (χ0n) is 13.5. The Morgan fingerprint density at radius 2 is 1.71 bits per heavy atom. The van der Waals surface area contributed by atoms with Gasteiger partial charge in [0, 0.05) is 37.7 Å². The van der Waals surface area contributed by atoms with E-state index in [-0.39, 0.29) is 0 Å². The summed E-state index contributed by atoms with van der Waals surface area (Å²) < 4.78 is 5.91. The van der Waals surface area contributed by atoms with Gasteiger partial charge in [-0.3, -0.25) is 0 Å². The van der Waals surface area contributed by atoms with E-state index in [4.69, 9.17) is 16.3 Å². The van der Waals surface area contributed by atoms with Crippen LogP contribution in [0, 0.1) is 13.8 Å². The van der Waals surface area contributed by atoms with E-state index in [1.807, 2.05) is 26.0 Å². The van der Waals surface area contributed by atoms with Gasteiger partial charge in [0.1, 0.15) is 5.75 Å². The summed E-state index contributed by atoms with van der Waals surface area (Å²) in [7, 11) is 0. The molecule has 0 radical (unpaired) electrons. The quantitative estimate of drug-likeness (QED) is 0.749. The Labute approximate surface area is 133 Å². The Balaban J connectivity index is 1.69. The summed E-state index contributed by atoms with van der Waals surface area (Å²) in [6.07, 6.45) is 1.08. The molecule has 4 heteroatoms. The van der Waals surface area contributed by atoms with Crippen LogP contribution in [-0.4, -0.2) is 55.7 Å². The van der Waals surface area contributed by atoms with Gasteiger partial charge in [0.2, 0.25) is 0 Å². The van der Waals surface area contributed by atoms with Crippen LogP contribution in [0.3, 0.4) is 0 Å². The van der Waals surface area contributed by atoms with Gasteiger partial charge in [-0.05, 0) is 50.1 Å².